The van der Waals surface area contributed by atoms with E-state index in [-0.39, 0.29) is 73.7 Å². The molecule has 1 unspecified atom stereocenters. The second-order valence-corrected chi connectivity index (χ2v) is 7.41. The average molecular weight is 512 g/mol. The average Bonchev–Trinajstić information content (AvgIpc) is 2.79. The van der Waals surface area contributed by atoms with Crippen LogP contribution in [0.15, 0.2) is 29.1 Å². The number of carboxylic acids is 2. The monoisotopic (exact) mass is 511 g/mol. The Bertz CT molecular complexity index is 1160. The fourth-order valence-electron chi connectivity index (χ4n) is 3.38. The SMILES string of the molecule is Nc1nc2c(c(=O)[nH]1)N(C=O)[C@H](CNc1ccc(C(=O)NC(CCC(=O)[O-])C(=O)[O-])cc1)CN2.[Ca+2]. The van der Waals surface area contributed by atoms with Gasteiger partial charge >= 0.3 is 37.7 Å². The molecule has 0 fully saturated rings. The molecule has 0 spiro atoms. The maximum atomic E-state index is 12.3. The van der Waals surface area contributed by atoms with Crippen LogP contribution in [-0.4, -0.2) is 97.1 Å². The summed E-state index contributed by atoms with van der Waals surface area (Å²) in [6.07, 6.45) is -0.386. The Morgan fingerprint density at radius 1 is 1.26 bits per heavy atom. The van der Waals surface area contributed by atoms with Gasteiger partial charge in [-0.2, -0.15) is 4.98 Å². The Balaban J connectivity index is 0.00000432. The van der Waals surface area contributed by atoms with E-state index in [4.69, 9.17) is 5.73 Å². The molecule has 6 N–H and O–H groups in total. The van der Waals surface area contributed by atoms with Crippen molar-refractivity contribution in [3.05, 3.63) is 40.2 Å². The van der Waals surface area contributed by atoms with Crippen molar-refractivity contribution in [2.24, 2.45) is 0 Å². The number of nitrogens with one attached hydrogen (secondary N) is 4. The predicted molar refractivity (Wildman–Crippen MR) is 121 cm³/mol. The van der Waals surface area contributed by atoms with E-state index in [1.807, 2.05) is 0 Å². The number of carbonyl (C=O) groups is 4. The Labute approximate surface area is 228 Å². The molecule has 0 saturated heterocycles. The third-order valence-corrected chi connectivity index (χ3v) is 5.10. The number of amides is 2. The Hall–Kier alpha value is -3.36. The molecule has 1 aliphatic rings. The van der Waals surface area contributed by atoms with Gasteiger partial charge in [-0.05, 0) is 37.1 Å². The molecule has 1 aromatic carbocycles. The molecule has 0 saturated carbocycles. The van der Waals surface area contributed by atoms with Crippen LogP contribution < -0.4 is 42.4 Å². The summed E-state index contributed by atoms with van der Waals surface area (Å²) in [4.78, 5) is 65.4. The van der Waals surface area contributed by atoms with E-state index in [1.165, 1.54) is 17.0 Å². The van der Waals surface area contributed by atoms with Gasteiger partial charge in [-0.25, -0.2) is 0 Å². The number of benzene rings is 1. The first-order valence-corrected chi connectivity index (χ1v) is 10.1. The maximum absolute atomic E-state index is 12.3. The second-order valence-electron chi connectivity index (χ2n) is 7.41. The molecule has 0 aliphatic carbocycles. The van der Waals surface area contributed by atoms with Crippen LogP contribution in [0.2, 0.25) is 0 Å². The van der Waals surface area contributed by atoms with Crippen LogP contribution in [0.5, 0.6) is 0 Å². The van der Waals surface area contributed by atoms with Gasteiger partial charge in [0.05, 0.1) is 18.1 Å². The minimum atomic E-state index is -1.60. The minimum Gasteiger partial charge on any atom is -0.550 e. The first-order valence-electron chi connectivity index (χ1n) is 10.1. The Kier molecular flexibility index (Phi) is 9.86. The van der Waals surface area contributed by atoms with Gasteiger partial charge in [-0.3, -0.25) is 19.4 Å². The topological polar surface area (TPSA) is 225 Å². The van der Waals surface area contributed by atoms with Crippen molar-refractivity contribution in [3.8, 4) is 0 Å². The van der Waals surface area contributed by atoms with Crippen molar-refractivity contribution in [2.75, 3.05) is 34.4 Å². The van der Waals surface area contributed by atoms with Crippen molar-refractivity contribution in [1.29, 1.82) is 0 Å². The van der Waals surface area contributed by atoms with Crippen LogP contribution in [-0.2, 0) is 14.4 Å². The third kappa shape index (κ3) is 7.07. The Morgan fingerprint density at radius 2 is 1.94 bits per heavy atom. The van der Waals surface area contributed by atoms with E-state index in [0.29, 0.717) is 18.6 Å². The first-order chi connectivity index (χ1) is 16.2. The molecule has 15 heteroatoms. The number of hydrogen-bond acceptors (Lipinski definition) is 11. The number of anilines is 4. The molecular formula is C20H21CaN7O7. The van der Waals surface area contributed by atoms with Gasteiger partial charge < -0.3 is 46.4 Å². The third-order valence-electron chi connectivity index (χ3n) is 5.10. The summed E-state index contributed by atoms with van der Waals surface area (Å²) in [5, 5.41) is 29.9. The number of nitrogens with zero attached hydrogens (tertiary/aromatic N) is 2. The van der Waals surface area contributed by atoms with Gasteiger partial charge in [0, 0.05) is 30.3 Å². The van der Waals surface area contributed by atoms with Crippen molar-refractivity contribution < 1.29 is 29.4 Å². The molecular weight excluding hydrogens is 490 g/mol. The molecule has 35 heavy (non-hydrogen) atoms. The number of fused-ring (bicyclic) bond motifs is 1. The summed E-state index contributed by atoms with van der Waals surface area (Å²) in [5.74, 6) is -3.63. The molecule has 14 nitrogen and oxygen atoms in total. The van der Waals surface area contributed by atoms with Crippen LogP contribution in [0.25, 0.3) is 0 Å². The predicted octanol–water partition coefficient (Wildman–Crippen LogP) is -3.78. The first kappa shape index (κ1) is 27.9. The molecule has 1 aliphatic heterocycles. The quantitative estimate of drug-likeness (QED) is 0.154. The number of H-pyrrole nitrogens is 1. The number of rotatable bonds is 10. The summed E-state index contributed by atoms with van der Waals surface area (Å²) in [5.41, 5.74) is 5.75. The van der Waals surface area contributed by atoms with Crippen molar-refractivity contribution >= 4 is 85.1 Å². The molecule has 0 radical (unpaired) electrons. The van der Waals surface area contributed by atoms with Gasteiger partial charge in [0.1, 0.15) is 0 Å². The Morgan fingerprint density at radius 3 is 2.54 bits per heavy atom. The molecule has 0 bridgehead atoms. The zero-order chi connectivity index (χ0) is 24.8. The van der Waals surface area contributed by atoms with Crippen LogP contribution >= 0.6 is 0 Å². The molecule has 2 amide bonds. The number of hydrogen-bond donors (Lipinski definition) is 5. The number of aliphatic carboxylic acids is 2. The number of aromatic nitrogens is 2. The molecule has 2 atom stereocenters. The number of nitrogen functional groups attached to an aromatic ring is 1. The summed E-state index contributed by atoms with van der Waals surface area (Å²) in [6, 6.07) is 4.08. The number of carbonyl (C=O) groups excluding carboxylic acids is 4. The van der Waals surface area contributed by atoms with Gasteiger partial charge in [0.15, 0.2) is 11.5 Å². The van der Waals surface area contributed by atoms with Crippen LogP contribution in [0.4, 0.5) is 23.1 Å². The van der Waals surface area contributed by atoms with Crippen molar-refractivity contribution in [3.63, 3.8) is 0 Å². The summed E-state index contributed by atoms with van der Waals surface area (Å²) in [7, 11) is 0. The van der Waals surface area contributed by atoms with E-state index in [1.54, 1.807) is 12.1 Å². The largest absolute Gasteiger partial charge is 2.00 e. The van der Waals surface area contributed by atoms with Crippen LogP contribution in [0.3, 0.4) is 0 Å². The van der Waals surface area contributed by atoms with Crippen molar-refractivity contribution in [2.45, 2.75) is 24.9 Å². The minimum absolute atomic E-state index is 0. The fourth-order valence-corrected chi connectivity index (χ4v) is 3.38. The number of aromatic amines is 1. The second kappa shape index (κ2) is 12.4. The van der Waals surface area contributed by atoms with Gasteiger partial charge in [-0.15, -0.1) is 0 Å². The standard InChI is InChI=1S/C20H23N7O7.Ca/c21-20-25-16-15(18(32)26-20)27(9-28)12(8-23-16)7-22-11-3-1-10(2-4-11)17(31)24-13(19(33)34)5-6-14(29)30;/h1-4,9,12-13,22H,5-8H2,(H,24,31)(H,29,30)(H,33,34)(H4,21,23,25,26,32);/q;+2/p-2/t12-,13?;/m1./s1. The maximum Gasteiger partial charge on any atom is 2.00 e. The molecule has 2 aromatic rings. The van der Waals surface area contributed by atoms with E-state index in [9.17, 15) is 34.2 Å². The number of carboxylic acid groups (broad SMARTS) is 2. The van der Waals surface area contributed by atoms with Gasteiger partial charge in [0.25, 0.3) is 11.5 Å². The van der Waals surface area contributed by atoms with E-state index in [0.717, 1.165) is 0 Å². The van der Waals surface area contributed by atoms with Crippen molar-refractivity contribution in [1.82, 2.24) is 15.3 Å². The molecule has 1 aromatic heterocycles. The van der Waals surface area contributed by atoms with Crippen LogP contribution in [0.1, 0.15) is 23.2 Å². The van der Waals surface area contributed by atoms with Gasteiger partial charge in [-0.1, -0.05) is 0 Å². The van der Waals surface area contributed by atoms with Crippen LogP contribution in [0, 0.1) is 0 Å². The fraction of sp³-hybridized carbons (Fsp3) is 0.300. The summed E-state index contributed by atoms with van der Waals surface area (Å²) >= 11 is 0. The molecule has 3 rings (SSSR count). The normalized spacial score (nSPS) is 15.0. The zero-order valence-corrected chi connectivity index (χ0v) is 20.6. The van der Waals surface area contributed by atoms with E-state index < -0.39 is 41.9 Å². The summed E-state index contributed by atoms with van der Waals surface area (Å²) < 4.78 is 0. The smallest absolute Gasteiger partial charge is 0.550 e. The van der Waals surface area contributed by atoms with E-state index in [2.05, 4.69) is 25.9 Å². The molecule has 180 valence electrons. The van der Waals surface area contributed by atoms with Gasteiger partial charge in [0.2, 0.25) is 12.4 Å². The van der Waals surface area contributed by atoms with E-state index >= 15 is 0 Å². The number of nitrogens with two attached hydrogens (primary N) is 1. The summed E-state index contributed by atoms with van der Waals surface area (Å²) in [6.45, 7) is 0.544. The molecule has 2 heterocycles. The zero-order valence-electron chi connectivity index (χ0n) is 18.4.